The third kappa shape index (κ3) is 4.63. The number of allylic oxidation sites excluding steroid dienone is 7. The molecule has 0 saturated heterocycles. The second kappa shape index (κ2) is 9.24. The maximum absolute atomic E-state index is 9.21. The van der Waals surface area contributed by atoms with Crippen LogP contribution in [-0.2, 0) is 6.42 Å². The summed E-state index contributed by atoms with van der Waals surface area (Å²) in [5.74, 6) is 0. The largest absolute Gasteiger partial charge is 0.367 e. The highest BCUT2D eigenvalue weighted by Gasteiger charge is 2.21. The van der Waals surface area contributed by atoms with E-state index in [1.165, 1.54) is 28.8 Å². The predicted octanol–water partition coefficient (Wildman–Crippen LogP) is 5.16. The number of aliphatic imine (C=N–C) groups is 2. The van der Waals surface area contributed by atoms with Crippen molar-refractivity contribution in [2.45, 2.75) is 26.2 Å². The number of nitrogens with zero attached hydrogens (tertiary/aromatic N) is 5. The smallest absolute Gasteiger partial charge is 0.177 e. The van der Waals surface area contributed by atoms with E-state index in [4.69, 9.17) is 5.26 Å². The molecule has 4 rings (SSSR count). The van der Waals surface area contributed by atoms with Crippen molar-refractivity contribution in [1.82, 2.24) is 0 Å². The summed E-state index contributed by atoms with van der Waals surface area (Å²) in [6, 6.07) is 8.44. The topological polar surface area (TPSA) is 75.5 Å². The monoisotopic (exact) mass is 405 g/mol. The summed E-state index contributed by atoms with van der Waals surface area (Å²) >= 11 is 0. The van der Waals surface area contributed by atoms with Crippen LogP contribution >= 0.6 is 0 Å². The van der Waals surface area contributed by atoms with E-state index in [9.17, 15) is 5.26 Å². The van der Waals surface area contributed by atoms with Crippen molar-refractivity contribution in [2.24, 2.45) is 9.98 Å². The van der Waals surface area contributed by atoms with Gasteiger partial charge in [-0.25, -0.2) is 9.98 Å². The van der Waals surface area contributed by atoms with Gasteiger partial charge in [0.05, 0.1) is 0 Å². The molecule has 3 heterocycles. The van der Waals surface area contributed by atoms with Gasteiger partial charge < -0.3 is 4.90 Å². The maximum atomic E-state index is 9.21. The highest BCUT2D eigenvalue weighted by molar-refractivity contribution is 6.10. The third-order valence-electron chi connectivity index (χ3n) is 5.40. The number of benzene rings is 1. The summed E-state index contributed by atoms with van der Waals surface area (Å²) in [5.41, 5.74) is 6.99. The first-order valence-corrected chi connectivity index (χ1v) is 10.4. The minimum atomic E-state index is 0.0619. The van der Waals surface area contributed by atoms with E-state index in [2.05, 4.69) is 45.2 Å². The number of nitriles is 2. The second-order valence-corrected chi connectivity index (χ2v) is 7.72. The van der Waals surface area contributed by atoms with Gasteiger partial charge in [-0.1, -0.05) is 42.5 Å². The van der Waals surface area contributed by atoms with Crippen molar-refractivity contribution in [2.75, 3.05) is 18.0 Å². The lowest BCUT2D eigenvalue weighted by Crippen LogP contribution is -2.31. The second-order valence-electron chi connectivity index (χ2n) is 7.72. The van der Waals surface area contributed by atoms with Crippen LogP contribution in [-0.4, -0.2) is 24.5 Å². The molecule has 152 valence electrons. The molecule has 0 atom stereocenters. The van der Waals surface area contributed by atoms with Crippen molar-refractivity contribution in [1.29, 1.82) is 10.5 Å². The molecule has 5 heteroatoms. The minimum Gasteiger partial charge on any atom is -0.367 e. The van der Waals surface area contributed by atoms with Crippen molar-refractivity contribution in [3.63, 3.8) is 0 Å². The Hall–Kier alpha value is -3.96. The van der Waals surface area contributed by atoms with Gasteiger partial charge in [0.2, 0.25) is 0 Å². The standard InChI is InChI=1S/C26H23N5/c1-19-14-23(30-25(18-28)24(17-27)29-19)11-5-3-2-4-8-20-15-21-9-6-12-31-13-7-10-22(16-20)26(21)31/h2-6,8-9,11,15-16H,7,10,12-14H2,1H3/b3-2+,8-4+,11-5+. The molecule has 0 fully saturated rings. The quantitative estimate of drug-likeness (QED) is 0.650. The summed E-state index contributed by atoms with van der Waals surface area (Å²) in [6.07, 6.45) is 19.1. The zero-order valence-electron chi connectivity index (χ0n) is 17.5. The predicted molar refractivity (Wildman–Crippen MR) is 127 cm³/mol. The lowest BCUT2D eigenvalue weighted by Gasteiger charge is -2.34. The van der Waals surface area contributed by atoms with E-state index < -0.39 is 0 Å². The normalized spacial score (nSPS) is 18.1. The summed E-state index contributed by atoms with van der Waals surface area (Å²) in [6.45, 7) is 4.00. The van der Waals surface area contributed by atoms with E-state index in [0.29, 0.717) is 12.1 Å². The average Bonchev–Trinajstić information content (AvgIpc) is 2.94. The number of rotatable bonds is 4. The molecule has 0 saturated carbocycles. The lowest BCUT2D eigenvalue weighted by atomic mass is 9.93. The molecule has 1 aromatic carbocycles. The van der Waals surface area contributed by atoms with Gasteiger partial charge in [-0.05, 0) is 54.7 Å². The van der Waals surface area contributed by atoms with Crippen LogP contribution < -0.4 is 4.90 Å². The molecular formula is C26H23N5. The summed E-state index contributed by atoms with van der Waals surface area (Å²) in [4.78, 5) is 10.9. The third-order valence-corrected chi connectivity index (χ3v) is 5.40. The molecule has 0 radical (unpaired) electrons. The number of anilines is 1. The van der Waals surface area contributed by atoms with Gasteiger partial charge in [-0.15, -0.1) is 0 Å². The molecule has 0 unspecified atom stereocenters. The molecule has 5 nitrogen and oxygen atoms in total. The molecule has 0 amide bonds. The molecule has 0 aliphatic carbocycles. The van der Waals surface area contributed by atoms with Gasteiger partial charge in [-0.2, -0.15) is 10.5 Å². The minimum absolute atomic E-state index is 0.0619. The zero-order chi connectivity index (χ0) is 21.6. The summed E-state index contributed by atoms with van der Waals surface area (Å²) in [7, 11) is 0. The molecular weight excluding hydrogens is 382 g/mol. The van der Waals surface area contributed by atoms with Crippen LogP contribution in [0.3, 0.4) is 0 Å². The van der Waals surface area contributed by atoms with Crippen molar-refractivity contribution in [3.05, 3.63) is 76.7 Å². The molecule has 3 aliphatic heterocycles. The Labute approximate surface area is 183 Å². The SMILES string of the molecule is CC1=NC(C#N)=C(C#N)N=C(/C=C/C=C/C=C/c2cc3c4c(c2)CCCN4CC=C3)C1. The molecule has 3 aliphatic rings. The maximum Gasteiger partial charge on any atom is 0.177 e. The Balaban J connectivity index is 1.45. The Bertz CT molecular complexity index is 1190. The molecule has 0 bridgehead atoms. The molecule has 0 N–H and O–H groups in total. The number of aryl methyl sites for hydroxylation is 1. The van der Waals surface area contributed by atoms with E-state index >= 15 is 0 Å². The van der Waals surface area contributed by atoms with Crippen LogP contribution in [0, 0.1) is 22.7 Å². The van der Waals surface area contributed by atoms with Gasteiger partial charge in [0.1, 0.15) is 12.1 Å². The van der Waals surface area contributed by atoms with Gasteiger partial charge >= 0.3 is 0 Å². The fraction of sp³-hybridized carbons (Fsp3) is 0.231. The van der Waals surface area contributed by atoms with Crippen LogP contribution in [0.5, 0.6) is 0 Å². The molecule has 0 spiro atoms. The van der Waals surface area contributed by atoms with E-state index in [0.717, 1.165) is 25.2 Å². The fourth-order valence-corrected chi connectivity index (χ4v) is 4.10. The van der Waals surface area contributed by atoms with E-state index in [1.54, 1.807) is 0 Å². The summed E-state index contributed by atoms with van der Waals surface area (Å²) in [5, 5.41) is 18.3. The lowest BCUT2D eigenvalue weighted by molar-refractivity contribution is 0.718. The van der Waals surface area contributed by atoms with Crippen LogP contribution in [0.4, 0.5) is 5.69 Å². The van der Waals surface area contributed by atoms with E-state index in [-0.39, 0.29) is 11.4 Å². The highest BCUT2D eigenvalue weighted by atomic mass is 15.1. The molecule has 31 heavy (non-hydrogen) atoms. The van der Waals surface area contributed by atoms with Crippen molar-refractivity contribution >= 4 is 29.3 Å². The van der Waals surface area contributed by atoms with Gasteiger partial charge in [0.15, 0.2) is 11.4 Å². The fourth-order valence-electron chi connectivity index (χ4n) is 4.10. The number of hydrogen-bond donors (Lipinski definition) is 0. The first-order valence-electron chi connectivity index (χ1n) is 10.4. The van der Waals surface area contributed by atoms with Crippen LogP contribution in [0.25, 0.3) is 12.2 Å². The van der Waals surface area contributed by atoms with E-state index in [1.807, 2.05) is 49.4 Å². The van der Waals surface area contributed by atoms with Gasteiger partial charge in [0.25, 0.3) is 0 Å². The Kier molecular flexibility index (Phi) is 6.05. The summed E-state index contributed by atoms with van der Waals surface area (Å²) < 4.78 is 0. The molecule has 0 aromatic heterocycles. The van der Waals surface area contributed by atoms with Gasteiger partial charge in [-0.3, -0.25) is 0 Å². The first kappa shape index (κ1) is 20.3. The highest BCUT2D eigenvalue weighted by Crippen LogP contribution is 2.35. The Morgan fingerprint density at radius 3 is 2.58 bits per heavy atom. The number of hydrogen-bond acceptors (Lipinski definition) is 5. The molecule has 1 aromatic rings. The van der Waals surface area contributed by atoms with Crippen molar-refractivity contribution in [3.8, 4) is 12.1 Å². The first-order chi connectivity index (χ1) is 15.2. The Morgan fingerprint density at radius 1 is 1.00 bits per heavy atom. The van der Waals surface area contributed by atoms with Gasteiger partial charge in [0, 0.05) is 36.6 Å². The van der Waals surface area contributed by atoms with Crippen LogP contribution in [0.2, 0.25) is 0 Å². The average molecular weight is 406 g/mol. The van der Waals surface area contributed by atoms with Crippen molar-refractivity contribution < 1.29 is 0 Å². The van der Waals surface area contributed by atoms with Crippen LogP contribution in [0.1, 0.15) is 36.5 Å². The zero-order valence-corrected chi connectivity index (χ0v) is 17.5. The van der Waals surface area contributed by atoms with Crippen LogP contribution in [0.15, 0.2) is 70.0 Å². The Morgan fingerprint density at radius 2 is 1.77 bits per heavy atom.